The van der Waals surface area contributed by atoms with Gasteiger partial charge in [0, 0.05) is 22.8 Å². The van der Waals surface area contributed by atoms with E-state index in [-0.39, 0.29) is 0 Å². The van der Waals surface area contributed by atoms with Crippen LogP contribution in [0.2, 0.25) is 0 Å². The molecule has 0 bridgehead atoms. The zero-order valence-corrected chi connectivity index (χ0v) is 8.62. The number of benzene rings is 1. The molecule has 0 atom stereocenters. The van der Waals surface area contributed by atoms with Gasteiger partial charge in [0.25, 0.3) is 0 Å². The number of nitrogens with two attached hydrogens (primary N) is 1. The van der Waals surface area contributed by atoms with Crippen LogP contribution in [0.3, 0.4) is 0 Å². The van der Waals surface area contributed by atoms with Crippen LogP contribution in [0.1, 0.15) is 10.4 Å². The summed E-state index contributed by atoms with van der Waals surface area (Å²) in [6.45, 7) is 0. The number of amides is 1. The van der Waals surface area contributed by atoms with Crippen LogP contribution in [-0.4, -0.2) is 10.9 Å². The third kappa shape index (κ3) is 2.32. The van der Waals surface area contributed by atoms with Crippen LogP contribution in [0, 0.1) is 0 Å². The molecule has 1 amide bonds. The molecule has 1 heterocycles. The highest BCUT2D eigenvalue weighted by Gasteiger charge is 2.01. The molecule has 2 aromatic rings. The Kier molecular flexibility index (Phi) is 2.64. The summed E-state index contributed by atoms with van der Waals surface area (Å²) in [5.74, 6) is -0.433. The minimum atomic E-state index is -0.433. The lowest BCUT2D eigenvalue weighted by Crippen LogP contribution is -2.10. The smallest absolute Gasteiger partial charge is 0.248 e. The molecule has 15 heavy (non-hydrogen) atoms. The maximum atomic E-state index is 10.9. The van der Waals surface area contributed by atoms with Crippen LogP contribution in [0.15, 0.2) is 35.8 Å². The lowest BCUT2D eigenvalue weighted by Gasteiger charge is -2.03. The van der Waals surface area contributed by atoms with E-state index in [2.05, 4.69) is 10.3 Å². The summed E-state index contributed by atoms with van der Waals surface area (Å²) >= 11 is 1.49. The predicted octanol–water partition coefficient (Wildman–Crippen LogP) is 1.99. The second kappa shape index (κ2) is 4.10. The van der Waals surface area contributed by atoms with Crippen LogP contribution < -0.4 is 11.1 Å². The molecular weight excluding hydrogens is 210 g/mol. The average Bonchev–Trinajstić information content (AvgIpc) is 2.71. The fourth-order valence-electron chi connectivity index (χ4n) is 1.16. The summed E-state index contributed by atoms with van der Waals surface area (Å²) in [7, 11) is 0. The monoisotopic (exact) mass is 219 g/mol. The molecule has 0 unspecified atom stereocenters. The third-order valence-corrected chi connectivity index (χ3v) is 2.52. The second-order valence-electron chi connectivity index (χ2n) is 2.91. The van der Waals surface area contributed by atoms with E-state index in [0.717, 1.165) is 10.8 Å². The predicted molar refractivity (Wildman–Crippen MR) is 60.4 cm³/mol. The van der Waals surface area contributed by atoms with E-state index in [0.29, 0.717) is 5.56 Å². The first-order valence-electron chi connectivity index (χ1n) is 4.32. The number of hydrogen-bond donors (Lipinski definition) is 2. The van der Waals surface area contributed by atoms with Gasteiger partial charge >= 0.3 is 0 Å². The van der Waals surface area contributed by atoms with Gasteiger partial charge in [-0.15, -0.1) is 11.3 Å². The lowest BCUT2D eigenvalue weighted by molar-refractivity contribution is 0.100. The molecule has 0 saturated heterocycles. The van der Waals surface area contributed by atoms with Crippen molar-refractivity contribution in [2.75, 3.05) is 5.32 Å². The van der Waals surface area contributed by atoms with E-state index in [1.54, 1.807) is 24.4 Å². The number of nitrogens with one attached hydrogen (secondary N) is 1. The molecule has 5 heteroatoms. The van der Waals surface area contributed by atoms with Gasteiger partial charge in [-0.1, -0.05) is 6.07 Å². The molecule has 0 aliphatic heterocycles. The van der Waals surface area contributed by atoms with Crippen molar-refractivity contribution in [2.24, 2.45) is 5.73 Å². The minimum absolute atomic E-state index is 0.433. The third-order valence-electron chi connectivity index (χ3n) is 1.83. The molecule has 0 fully saturated rings. The van der Waals surface area contributed by atoms with Gasteiger partial charge in [-0.2, -0.15) is 0 Å². The number of aromatic nitrogens is 1. The summed E-state index contributed by atoms with van der Waals surface area (Å²) in [6.07, 6.45) is 1.71. The topological polar surface area (TPSA) is 68.0 Å². The van der Waals surface area contributed by atoms with Gasteiger partial charge in [-0.3, -0.25) is 4.79 Å². The van der Waals surface area contributed by atoms with Crippen molar-refractivity contribution in [1.29, 1.82) is 0 Å². The van der Waals surface area contributed by atoms with Crippen molar-refractivity contribution < 1.29 is 4.79 Å². The van der Waals surface area contributed by atoms with Gasteiger partial charge in [0.2, 0.25) is 5.91 Å². The molecule has 0 aliphatic carbocycles. The van der Waals surface area contributed by atoms with E-state index >= 15 is 0 Å². The molecule has 0 radical (unpaired) electrons. The highest BCUT2D eigenvalue weighted by molar-refractivity contribution is 7.13. The molecular formula is C10H9N3OS. The van der Waals surface area contributed by atoms with Gasteiger partial charge < -0.3 is 11.1 Å². The van der Waals surface area contributed by atoms with Crippen LogP contribution >= 0.6 is 11.3 Å². The van der Waals surface area contributed by atoms with Gasteiger partial charge in [0.15, 0.2) is 5.13 Å². The molecule has 2 rings (SSSR count). The molecule has 4 nitrogen and oxygen atoms in total. The first-order chi connectivity index (χ1) is 7.25. The second-order valence-corrected chi connectivity index (χ2v) is 3.80. The summed E-state index contributed by atoms with van der Waals surface area (Å²) in [4.78, 5) is 15.0. The highest BCUT2D eigenvalue weighted by atomic mass is 32.1. The number of anilines is 2. The Labute approximate surface area is 90.8 Å². The fraction of sp³-hybridized carbons (Fsp3) is 0. The van der Waals surface area contributed by atoms with Crippen LogP contribution in [0.5, 0.6) is 0 Å². The number of carbonyl (C=O) groups is 1. The Bertz CT molecular complexity index is 467. The average molecular weight is 219 g/mol. The maximum Gasteiger partial charge on any atom is 0.248 e. The van der Waals surface area contributed by atoms with Crippen molar-refractivity contribution >= 4 is 28.1 Å². The van der Waals surface area contributed by atoms with Crippen LogP contribution in [-0.2, 0) is 0 Å². The number of rotatable bonds is 3. The normalized spacial score (nSPS) is 9.87. The standard InChI is InChI=1S/C10H9N3OS/c11-9(14)7-2-1-3-8(6-7)13-10-12-4-5-15-10/h1-6H,(H2,11,14)(H,12,13). The van der Waals surface area contributed by atoms with Crippen molar-refractivity contribution in [3.05, 3.63) is 41.4 Å². The van der Waals surface area contributed by atoms with Crippen molar-refractivity contribution in [3.8, 4) is 0 Å². The Morgan fingerprint density at radius 1 is 1.47 bits per heavy atom. The molecule has 0 aliphatic rings. The Balaban J connectivity index is 2.22. The summed E-state index contributed by atoms with van der Waals surface area (Å²) < 4.78 is 0. The molecule has 0 spiro atoms. The van der Waals surface area contributed by atoms with E-state index in [4.69, 9.17) is 5.73 Å². The van der Waals surface area contributed by atoms with Gasteiger partial charge in [-0.05, 0) is 18.2 Å². The molecule has 76 valence electrons. The van der Waals surface area contributed by atoms with Crippen LogP contribution in [0.25, 0.3) is 0 Å². The first kappa shape index (κ1) is 9.67. The molecule has 1 aromatic carbocycles. The lowest BCUT2D eigenvalue weighted by atomic mass is 10.2. The zero-order chi connectivity index (χ0) is 10.7. The fourth-order valence-corrected chi connectivity index (χ4v) is 1.71. The van der Waals surface area contributed by atoms with Gasteiger partial charge in [-0.25, -0.2) is 4.98 Å². The molecule has 0 saturated carbocycles. The first-order valence-corrected chi connectivity index (χ1v) is 5.20. The van der Waals surface area contributed by atoms with Crippen molar-refractivity contribution in [1.82, 2.24) is 4.98 Å². The number of hydrogen-bond acceptors (Lipinski definition) is 4. The summed E-state index contributed by atoms with van der Waals surface area (Å²) in [5, 5.41) is 5.74. The van der Waals surface area contributed by atoms with Crippen molar-refractivity contribution in [2.45, 2.75) is 0 Å². The Morgan fingerprint density at radius 3 is 3.00 bits per heavy atom. The number of primary amides is 1. The maximum absolute atomic E-state index is 10.9. The zero-order valence-electron chi connectivity index (χ0n) is 7.81. The Hall–Kier alpha value is -1.88. The Morgan fingerprint density at radius 2 is 2.33 bits per heavy atom. The SMILES string of the molecule is NC(=O)c1cccc(Nc2nccs2)c1. The van der Waals surface area contributed by atoms with Crippen LogP contribution in [0.4, 0.5) is 10.8 Å². The summed E-state index contributed by atoms with van der Waals surface area (Å²) in [5.41, 5.74) is 6.47. The van der Waals surface area contributed by atoms with E-state index < -0.39 is 5.91 Å². The van der Waals surface area contributed by atoms with Gasteiger partial charge in [0.1, 0.15) is 0 Å². The van der Waals surface area contributed by atoms with Crippen molar-refractivity contribution in [3.63, 3.8) is 0 Å². The number of carbonyl (C=O) groups excluding carboxylic acids is 1. The van der Waals surface area contributed by atoms with Gasteiger partial charge in [0.05, 0.1) is 0 Å². The van der Waals surface area contributed by atoms with E-state index in [1.165, 1.54) is 11.3 Å². The largest absolute Gasteiger partial charge is 0.366 e. The molecule has 3 N–H and O–H groups in total. The minimum Gasteiger partial charge on any atom is -0.366 e. The highest BCUT2D eigenvalue weighted by Crippen LogP contribution is 2.19. The summed E-state index contributed by atoms with van der Waals surface area (Å²) in [6, 6.07) is 7.00. The van der Waals surface area contributed by atoms with E-state index in [1.807, 2.05) is 11.4 Å². The number of thiazole rings is 1. The van der Waals surface area contributed by atoms with E-state index in [9.17, 15) is 4.79 Å². The quantitative estimate of drug-likeness (QED) is 0.829. The molecule has 1 aromatic heterocycles. The number of nitrogens with zero attached hydrogens (tertiary/aromatic N) is 1.